The highest BCUT2D eigenvalue weighted by Gasteiger charge is 2.40. The van der Waals surface area contributed by atoms with Gasteiger partial charge >= 0.3 is 12.2 Å². The molecule has 3 heterocycles. The van der Waals surface area contributed by atoms with Crippen LogP contribution < -0.4 is 27.0 Å². The Kier molecular flexibility index (Phi) is 16.2. The number of aliphatic hydroxyl groups is 2. The number of carbonyl (C=O) groups excluding carboxylic acids is 7. The molecule has 1 aromatic carbocycles. The second-order valence-electron chi connectivity index (χ2n) is 16.0. The van der Waals surface area contributed by atoms with Crippen molar-refractivity contribution in [2.45, 2.75) is 96.6 Å². The van der Waals surface area contributed by atoms with E-state index in [1.807, 2.05) is 6.92 Å². The molecule has 1 aromatic rings. The summed E-state index contributed by atoms with van der Waals surface area (Å²) in [5, 5.41) is 32.5. The Morgan fingerprint density at radius 2 is 1.79 bits per heavy atom. The van der Waals surface area contributed by atoms with E-state index in [4.69, 9.17) is 24.7 Å². The van der Waals surface area contributed by atoms with Crippen LogP contribution in [0, 0.1) is 11.8 Å². The van der Waals surface area contributed by atoms with Crippen LogP contribution in [-0.2, 0) is 44.7 Å². The largest absolute Gasteiger partial charge is 0.447 e. The van der Waals surface area contributed by atoms with E-state index in [-0.39, 0.29) is 85.7 Å². The van der Waals surface area contributed by atoms with E-state index in [1.165, 1.54) is 38.2 Å². The van der Waals surface area contributed by atoms with Crippen molar-refractivity contribution >= 4 is 47.2 Å². The highest BCUT2D eigenvalue weighted by molar-refractivity contribution is 6.23. The zero-order valence-corrected chi connectivity index (χ0v) is 36.1. The zero-order valence-electron chi connectivity index (χ0n) is 36.1. The minimum Gasteiger partial charge on any atom is -0.447 e. The van der Waals surface area contributed by atoms with Crippen LogP contribution in [0.5, 0.6) is 0 Å². The van der Waals surface area contributed by atoms with Gasteiger partial charge in [-0.15, -0.1) is 0 Å². The molecule has 0 spiro atoms. The van der Waals surface area contributed by atoms with Crippen molar-refractivity contribution < 1.29 is 62.7 Å². The number of nitrogens with zero attached hydrogens (tertiary/aromatic N) is 1. The van der Waals surface area contributed by atoms with Crippen molar-refractivity contribution in [1.82, 2.24) is 20.9 Å². The van der Waals surface area contributed by atoms with Gasteiger partial charge in [-0.2, -0.15) is 0 Å². The molecule has 3 aliphatic heterocycles. The van der Waals surface area contributed by atoms with Crippen LogP contribution in [0.1, 0.15) is 69.3 Å². The Labute approximate surface area is 364 Å². The van der Waals surface area contributed by atoms with Gasteiger partial charge in [-0.25, -0.2) is 9.59 Å². The second kappa shape index (κ2) is 21.3. The van der Waals surface area contributed by atoms with E-state index in [0.29, 0.717) is 22.4 Å². The predicted octanol–water partition coefficient (Wildman–Crippen LogP) is 2.15. The fraction of sp³-hybridized carbons (Fsp3) is 0.477. The number of ether oxygens (including phenoxy) is 4. The molecule has 5 rings (SSSR count). The molecule has 1 aliphatic carbocycles. The van der Waals surface area contributed by atoms with Gasteiger partial charge in [0.25, 0.3) is 11.8 Å². The van der Waals surface area contributed by atoms with E-state index in [0.717, 1.165) is 6.08 Å². The molecule has 8 atom stereocenters. The lowest BCUT2D eigenvalue weighted by molar-refractivity contribution is -0.129. The van der Waals surface area contributed by atoms with Crippen molar-refractivity contribution in [3.05, 3.63) is 87.8 Å². The fourth-order valence-corrected chi connectivity index (χ4v) is 8.08. The van der Waals surface area contributed by atoms with Crippen LogP contribution in [0.4, 0.5) is 15.3 Å². The Morgan fingerprint density at radius 3 is 2.48 bits per heavy atom. The van der Waals surface area contributed by atoms with Crippen LogP contribution in [0.2, 0.25) is 0 Å². The number of hydrogen-bond acceptors (Lipinski definition) is 14. The maximum Gasteiger partial charge on any atom is 0.411 e. The van der Waals surface area contributed by atoms with Crippen molar-refractivity contribution in [3.63, 3.8) is 0 Å². The van der Waals surface area contributed by atoms with Crippen LogP contribution in [0.3, 0.4) is 0 Å². The van der Waals surface area contributed by atoms with Gasteiger partial charge < -0.3 is 55.7 Å². The molecule has 1 fully saturated rings. The van der Waals surface area contributed by atoms with Gasteiger partial charge in [-0.3, -0.25) is 29.3 Å². The van der Waals surface area contributed by atoms with Crippen molar-refractivity contribution in [3.8, 4) is 0 Å². The number of rotatable bonds is 9. The fourth-order valence-electron chi connectivity index (χ4n) is 8.08. The van der Waals surface area contributed by atoms with Crippen molar-refractivity contribution in [2.75, 3.05) is 32.7 Å². The first-order chi connectivity index (χ1) is 29.9. The molecule has 0 radical (unpaired) electrons. The van der Waals surface area contributed by atoms with E-state index >= 15 is 0 Å². The summed E-state index contributed by atoms with van der Waals surface area (Å²) < 4.78 is 22.1. The normalized spacial score (nSPS) is 29.6. The summed E-state index contributed by atoms with van der Waals surface area (Å²) in [4.78, 5) is 92.3. The lowest BCUT2D eigenvalue weighted by Crippen LogP contribution is -2.55. The zero-order chi connectivity index (χ0) is 46.1. The molecule has 8 N–H and O–H groups in total. The number of Topliss-reactive ketones (excluding diaryl/α,β-unsaturated/α-hetero) is 1. The maximum absolute atomic E-state index is 14.1. The van der Waals surface area contributed by atoms with Crippen LogP contribution in [0.25, 0.3) is 0 Å². The number of carbonyl (C=O) groups is 7. The van der Waals surface area contributed by atoms with Gasteiger partial charge in [0.15, 0.2) is 6.10 Å². The van der Waals surface area contributed by atoms with Gasteiger partial charge in [0.1, 0.15) is 18.9 Å². The molecular formula is C44H56N6O13. The maximum atomic E-state index is 14.1. The molecule has 5 amide bonds. The molecular weight excluding hydrogens is 821 g/mol. The highest BCUT2D eigenvalue weighted by atomic mass is 16.6. The Balaban J connectivity index is 1.32. The van der Waals surface area contributed by atoms with E-state index in [1.54, 1.807) is 44.2 Å². The van der Waals surface area contributed by atoms with Gasteiger partial charge in [-0.1, -0.05) is 44.2 Å². The molecule has 1 saturated heterocycles. The number of methoxy groups -OCH3 is 2. The average molecular weight is 877 g/mol. The number of hydrogen-bond donors (Lipinski definition) is 7. The third-order valence-corrected chi connectivity index (χ3v) is 11.4. The minimum absolute atomic E-state index is 0.0258. The third-order valence-electron chi connectivity index (χ3n) is 11.4. The second-order valence-corrected chi connectivity index (χ2v) is 16.0. The smallest absolute Gasteiger partial charge is 0.411 e. The Morgan fingerprint density at radius 1 is 1.05 bits per heavy atom. The number of amides is 5. The quantitative estimate of drug-likeness (QED) is 0.106. The molecule has 0 saturated carbocycles. The third kappa shape index (κ3) is 11.7. The number of fused-ring (bicyclic) bond motifs is 3. The van der Waals surface area contributed by atoms with Gasteiger partial charge in [-0.05, 0) is 56.7 Å². The Hall–Kier alpha value is -6.15. The number of anilines is 1. The molecule has 19 heteroatoms. The number of nitrogens with two attached hydrogens (primary N) is 1. The predicted molar refractivity (Wildman–Crippen MR) is 226 cm³/mol. The first kappa shape index (κ1) is 47.9. The van der Waals surface area contributed by atoms with Crippen molar-refractivity contribution in [1.29, 1.82) is 0 Å². The summed E-state index contributed by atoms with van der Waals surface area (Å²) in [5.41, 5.74) is 7.01. The van der Waals surface area contributed by atoms with Crippen LogP contribution in [0.15, 0.2) is 76.7 Å². The number of ketones is 2. The number of allylic oxidation sites excluding steroid dienone is 4. The molecule has 0 aromatic heterocycles. The van der Waals surface area contributed by atoms with Crippen LogP contribution >= 0.6 is 0 Å². The number of aliphatic hydroxyl groups excluding tert-OH is 2. The number of nitrogens with one attached hydrogen (secondary N) is 4. The molecule has 2 bridgehead atoms. The molecule has 19 nitrogen and oxygen atoms in total. The topological polar surface area (TPSA) is 274 Å². The molecule has 340 valence electrons. The van der Waals surface area contributed by atoms with E-state index in [9.17, 15) is 43.8 Å². The molecule has 2 unspecified atom stereocenters. The summed E-state index contributed by atoms with van der Waals surface area (Å²) >= 11 is 0. The van der Waals surface area contributed by atoms with E-state index in [2.05, 4.69) is 21.3 Å². The highest BCUT2D eigenvalue weighted by Crippen LogP contribution is 2.33. The first-order valence-electron chi connectivity index (χ1n) is 20.6. The van der Waals surface area contributed by atoms with Gasteiger partial charge in [0.05, 0.1) is 29.6 Å². The van der Waals surface area contributed by atoms with E-state index < -0.39 is 72.3 Å². The number of benzene rings is 1. The molecule has 4 aliphatic rings. The lowest BCUT2D eigenvalue weighted by atomic mass is 9.85. The monoisotopic (exact) mass is 876 g/mol. The van der Waals surface area contributed by atoms with Gasteiger partial charge in [0, 0.05) is 73.7 Å². The van der Waals surface area contributed by atoms with Crippen LogP contribution in [-0.4, -0.2) is 121 Å². The number of primary amides is 1. The first-order valence-corrected chi connectivity index (χ1v) is 20.6. The summed E-state index contributed by atoms with van der Waals surface area (Å²) in [6.45, 7) is 6.52. The summed E-state index contributed by atoms with van der Waals surface area (Å²) in [6.07, 6.45) is 1.17. The SMILES string of the molecule is CO[C@H]1/C=C\C=C(/C)C(=O)NC2=CC(=O)C(NCCOC(=O)Nc3cccc4c3CN(C3CCC(=O)NC3O)C4=O)=C(C[C@@H](C)C[C@H](OC)[C@@H](O)[C@@H](C)/C=C(\C)[C@@H]1OC(N)=O)C2=O. The minimum atomic E-state index is -1.23. The summed E-state index contributed by atoms with van der Waals surface area (Å²) in [5.74, 6) is -3.45. The molecule has 63 heavy (non-hydrogen) atoms. The Bertz CT molecular complexity index is 2140. The lowest BCUT2D eigenvalue weighted by Gasteiger charge is -2.35. The summed E-state index contributed by atoms with van der Waals surface area (Å²) in [7, 11) is 2.85. The standard InChI is InChI=1S/C44H56N6O13/c1-22-17-27-36(46-15-16-62-44(59)48-29-11-8-10-26-28(29)21-50(42(26)57)31-13-14-35(52)49-41(31)56)32(51)20-30(38(27)54)47-40(55)23(2)9-7-12-33(60-5)39(63-43(45)58)25(4)19-24(3)37(53)34(18-22)61-6/h7-12,19-20,22,24,31,33-34,37,39,41,46,53,56H,13-18,21H2,1-6H3,(H2,45,58)(H,47,55)(H,48,59)(H,49,52)/b12-7-,23-9+,25-19+/t22-,24+,31?,33+,34+,37+,39+,41?/m1/s1. The van der Waals surface area contributed by atoms with Gasteiger partial charge in [0.2, 0.25) is 17.5 Å². The number of piperidine rings is 1. The van der Waals surface area contributed by atoms with Crippen molar-refractivity contribution in [2.24, 2.45) is 17.6 Å². The average Bonchev–Trinajstić information content (AvgIpc) is 3.57. The summed E-state index contributed by atoms with van der Waals surface area (Å²) in [6, 6.07) is 4.16.